The Morgan fingerprint density at radius 3 is 2.78 bits per heavy atom. The average Bonchev–Trinajstić information content (AvgIpc) is 3.36. The van der Waals surface area contributed by atoms with Crippen molar-refractivity contribution in [2.24, 2.45) is 4.99 Å². The molecule has 2 N–H and O–H groups in total. The summed E-state index contributed by atoms with van der Waals surface area (Å²) >= 11 is 0. The van der Waals surface area contributed by atoms with E-state index in [1.807, 2.05) is 16.9 Å². The number of hydrogen-bond acceptors (Lipinski definition) is 3. The third kappa shape index (κ3) is 6.41. The van der Waals surface area contributed by atoms with E-state index in [1.165, 1.54) is 37.2 Å². The summed E-state index contributed by atoms with van der Waals surface area (Å²) in [6.07, 6.45) is 6.35. The van der Waals surface area contributed by atoms with Gasteiger partial charge in [0.15, 0.2) is 5.96 Å². The summed E-state index contributed by atoms with van der Waals surface area (Å²) in [7, 11) is 0. The molecule has 2 heterocycles. The van der Waals surface area contributed by atoms with Crippen molar-refractivity contribution in [3.05, 3.63) is 48.3 Å². The number of benzene rings is 1. The van der Waals surface area contributed by atoms with Crippen LogP contribution in [-0.2, 0) is 6.54 Å². The molecule has 0 spiro atoms. The topological polar surface area (TPSA) is 57.5 Å². The number of anilines is 1. The van der Waals surface area contributed by atoms with Gasteiger partial charge in [-0.15, -0.1) is 24.0 Å². The highest BCUT2D eigenvalue weighted by molar-refractivity contribution is 14.0. The molecule has 1 fully saturated rings. The molecule has 1 aromatic carbocycles. The van der Waals surface area contributed by atoms with Crippen LogP contribution in [0.2, 0.25) is 0 Å². The first kappa shape index (κ1) is 21.5. The van der Waals surface area contributed by atoms with Gasteiger partial charge in [0.05, 0.1) is 19.1 Å². The maximum absolute atomic E-state index is 4.68. The van der Waals surface area contributed by atoms with Gasteiger partial charge in [0.1, 0.15) is 0 Å². The second-order valence-corrected chi connectivity index (χ2v) is 6.68. The fourth-order valence-electron chi connectivity index (χ4n) is 3.27. The Morgan fingerprint density at radius 2 is 2.07 bits per heavy atom. The predicted octanol–water partition coefficient (Wildman–Crippen LogP) is 3.42. The lowest BCUT2D eigenvalue weighted by molar-refractivity contribution is 0.617. The number of nitrogens with one attached hydrogen (secondary N) is 2. The Balaban J connectivity index is 0.00000261. The van der Waals surface area contributed by atoms with Crippen molar-refractivity contribution in [1.82, 2.24) is 20.4 Å². The van der Waals surface area contributed by atoms with Crippen molar-refractivity contribution >= 4 is 35.6 Å². The summed E-state index contributed by atoms with van der Waals surface area (Å²) in [5.41, 5.74) is 2.61. The minimum Gasteiger partial charge on any atom is -0.372 e. The maximum atomic E-state index is 4.68. The summed E-state index contributed by atoms with van der Waals surface area (Å²) in [5, 5.41) is 11.1. The van der Waals surface area contributed by atoms with Crippen molar-refractivity contribution in [3.63, 3.8) is 0 Å². The summed E-state index contributed by atoms with van der Waals surface area (Å²) in [5.74, 6) is 0.846. The van der Waals surface area contributed by atoms with Crippen molar-refractivity contribution in [2.75, 3.05) is 31.1 Å². The van der Waals surface area contributed by atoms with E-state index in [-0.39, 0.29) is 30.0 Å². The minimum atomic E-state index is 0. The molecule has 6 nitrogen and oxygen atoms in total. The molecule has 148 valence electrons. The number of nitrogens with zero attached hydrogens (tertiary/aromatic N) is 4. The standard InChI is InChI=1S/C20H30N6.HI/c1-3-21-20(22-11-15-26-14-7-10-23-26)24-17(2)18-8-6-9-19(16-18)25-12-4-5-13-25;/h6-10,14,16-17H,3-5,11-13,15H2,1-2H3,(H2,21,22,24);1H. The van der Waals surface area contributed by atoms with E-state index < -0.39 is 0 Å². The maximum Gasteiger partial charge on any atom is 0.191 e. The molecule has 27 heavy (non-hydrogen) atoms. The first-order valence-electron chi connectivity index (χ1n) is 9.63. The van der Waals surface area contributed by atoms with Crippen molar-refractivity contribution in [1.29, 1.82) is 0 Å². The van der Waals surface area contributed by atoms with Crippen LogP contribution in [0.5, 0.6) is 0 Å². The van der Waals surface area contributed by atoms with Crippen molar-refractivity contribution in [2.45, 2.75) is 39.3 Å². The molecule has 1 unspecified atom stereocenters. The first-order chi connectivity index (χ1) is 12.8. The van der Waals surface area contributed by atoms with Gasteiger partial charge in [-0.1, -0.05) is 12.1 Å². The number of halogens is 1. The lowest BCUT2D eigenvalue weighted by Gasteiger charge is -2.22. The van der Waals surface area contributed by atoms with Crippen LogP contribution >= 0.6 is 24.0 Å². The van der Waals surface area contributed by atoms with Crippen LogP contribution < -0.4 is 15.5 Å². The van der Waals surface area contributed by atoms with E-state index in [9.17, 15) is 0 Å². The number of aromatic nitrogens is 2. The Kier molecular flexibility index (Phi) is 8.90. The van der Waals surface area contributed by atoms with Gasteiger partial charge < -0.3 is 15.5 Å². The predicted molar refractivity (Wildman–Crippen MR) is 123 cm³/mol. The Labute approximate surface area is 179 Å². The first-order valence-corrected chi connectivity index (χ1v) is 9.63. The van der Waals surface area contributed by atoms with E-state index >= 15 is 0 Å². The molecule has 7 heteroatoms. The van der Waals surface area contributed by atoms with Crippen molar-refractivity contribution < 1.29 is 0 Å². The zero-order valence-corrected chi connectivity index (χ0v) is 18.6. The normalized spacial score (nSPS) is 15.3. The monoisotopic (exact) mass is 482 g/mol. The SMILES string of the molecule is CCNC(=NCCn1cccn1)NC(C)c1cccc(N2CCCC2)c1.I. The van der Waals surface area contributed by atoms with Gasteiger partial charge in [-0.05, 0) is 50.5 Å². The number of aliphatic imine (C=N–C) groups is 1. The van der Waals surface area contributed by atoms with Gasteiger partial charge in [0.25, 0.3) is 0 Å². The number of rotatable bonds is 7. The molecule has 1 saturated heterocycles. The lowest BCUT2D eigenvalue weighted by Crippen LogP contribution is -2.39. The van der Waals surface area contributed by atoms with Crippen molar-refractivity contribution in [3.8, 4) is 0 Å². The Hall–Kier alpha value is -1.77. The molecule has 0 saturated carbocycles. The average molecular weight is 482 g/mol. The van der Waals surface area contributed by atoms with Crippen LogP contribution in [0.1, 0.15) is 38.3 Å². The van der Waals surface area contributed by atoms with E-state index in [1.54, 1.807) is 6.20 Å². The van der Waals surface area contributed by atoms with Crippen LogP contribution in [0.4, 0.5) is 5.69 Å². The van der Waals surface area contributed by atoms with Crippen LogP contribution in [0, 0.1) is 0 Å². The van der Waals surface area contributed by atoms with E-state index in [0.717, 1.165) is 19.0 Å². The van der Waals surface area contributed by atoms with Crippen LogP contribution in [0.25, 0.3) is 0 Å². The Morgan fingerprint density at radius 1 is 1.26 bits per heavy atom. The molecule has 1 aromatic heterocycles. The molecule has 0 bridgehead atoms. The second-order valence-electron chi connectivity index (χ2n) is 6.68. The molecule has 0 amide bonds. The number of guanidine groups is 1. The lowest BCUT2D eigenvalue weighted by atomic mass is 10.1. The molecular formula is C20H31IN6. The largest absolute Gasteiger partial charge is 0.372 e. The van der Waals surface area contributed by atoms with Gasteiger partial charge in [-0.2, -0.15) is 5.10 Å². The van der Waals surface area contributed by atoms with Crippen LogP contribution in [0.3, 0.4) is 0 Å². The minimum absolute atomic E-state index is 0. The van der Waals surface area contributed by atoms with Gasteiger partial charge >= 0.3 is 0 Å². The molecule has 1 aliphatic rings. The Bertz CT molecular complexity index is 694. The zero-order chi connectivity index (χ0) is 18.2. The molecular weight excluding hydrogens is 451 g/mol. The zero-order valence-electron chi connectivity index (χ0n) is 16.3. The van der Waals surface area contributed by atoms with Gasteiger partial charge in [0, 0.05) is 37.7 Å². The number of hydrogen-bond donors (Lipinski definition) is 2. The van der Waals surface area contributed by atoms with Gasteiger partial charge in [-0.3, -0.25) is 9.67 Å². The highest BCUT2D eigenvalue weighted by Crippen LogP contribution is 2.23. The van der Waals surface area contributed by atoms with Gasteiger partial charge in [-0.25, -0.2) is 0 Å². The second kappa shape index (κ2) is 11.2. The quantitative estimate of drug-likeness (QED) is 0.361. The van der Waals surface area contributed by atoms with Crippen LogP contribution in [-0.4, -0.2) is 41.9 Å². The highest BCUT2D eigenvalue weighted by atomic mass is 127. The van der Waals surface area contributed by atoms with Crippen LogP contribution in [0.15, 0.2) is 47.7 Å². The molecule has 2 aromatic rings. The van der Waals surface area contributed by atoms with E-state index in [4.69, 9.17) is 0 Å². The smallest absolute Gasteiger partial charge is 0.191 e. The molecule has 0 radical (unpaired) electrons. The third-order valence-corrected chi connectivity index (χ3v) is 4.70. The third-order valence-electron chi connectivity index (χ3n) is 4.70. The molecule has 0 aliphatic carbocycles. The molecule has 1 aliphatic heterocycles. The van der Waals surface area contributed by atoms with E-state index in [0.29, 0.717) is 6.54 Å². The summed E-state index contributed by atoms with van der Waals surface area (Å²) in [6, 6.07) is 11.0. The fourth-order valence-corrected chi connectivity index (χ4v) is 3.27. The summed E-state index contributed by atoms with van der Waals surface area (Å²) in [4.78, 5) is 7.15. The molecule has 1 atom stereocenters. The van der Waals surface area contributed by atoms with E-state index in [2.05, 4.69) is 63.7 Å². The summed E-state index contributed by atoms with van der Waals surface area (Å²) < 4.78 is 1.90. The van der Waals surface area contributed by atoms with Gasteiger partial charge in [0.2, 0.25) is 0 Å². The summed E-state index contributed by atoms with van der Waals surface area (Å²) in [6.45, 7) is 8.92. The highest BCUT2D eigenvalue weighted by Gasteiger charge is 2.14. The molecule has 3 rings (SSSR count). The fraction of sp³-hybridized carbons (Fsp3) is 0.500.